The van der Waals surface area contributed by atoms with E-state index in [4.69, 9.17) is 5.73 Å². The Hall–Kier alpha value is -0.610. The van der Waals surface area contributed by atoms with Crippen molar-refractivity contribution in [3.05, 3.63) is 5.21 Å². The van der Waals surface area contributed by atoms with E-state index in [1.165, 1.54) is 0 Å². The predicted octanol–water partition coefficient (Wildman–Crippen LogP) is 1.24. The van der Waals surface area contributed by atoms with E-state index in [0.29, 0.717) is 12.8 Å². The molecule has 1 heterocycles. The molecule has 0 aliphatic carbocycles. The first-order chi connectivity index (χ1) is 6.17. The Bertz CT molecular complexity index is 231. The van der Waals surface area contributed by atoms with Gasteiger partial charge in [-0.1, -0.05) is 0 Å². The summed E-state index contributed by atoms with van der Waals surface area (Å²) < 4.78 is 0. The van der Waals surface area contributed by atoms with E-state index in [2.05, 4.69) is 0 Å². The quantitative estimate of drug-likeness (QED) is 0.690. The van der Waals surface area contributed by atoms with Crippen molar-refractivity contribution >= 4 is 5.91 Å². The maximum absolute atomic E-state index is 11.9. The van der Waals surface area contributed by atoms with Gasteiger partial charge in [-0.2, -0.15) is 0 Å². The molecule has 0 aromatic rings. The van der Waals surface area contributed by atoms with Crippen LogP contribution in [-0.4, -0.2) is 22.0 Å². The molecule has 4 nitrogen and oxygen atoms in total. The number of piperidine rings is 1. The Labute approximate surface area is 85.0 Å². The number of carbonyl (C=O) groups is 1. The third kappa shape index (κ3) is 1.91. The zero-order chi connectivity index (χ0) is 11.1. The molecule has 1 aliphatic rings. The second-order valence-corrected chi connectivity index (χ2v) is 5.43. The molecular weight excluding hydrogens is 180 g/mol. The summed E-state index contributed by atoms with van der Waals surface area (Å²) in [5.41, 5.74) is 4.30. The lowest BCUT2D eigenvalue weighted by molar-refractivity contribution is -0.127. The fourth-order valence-electron chi connectivity index (χ4n) is 2.46. The number of amides is 1. The Morgan fingerprint density at radius 3 is 1.93 bits per heavy atom. The van der Waals surface area contributed by atoms with E-state index < -0.39 is 11.1 Å². The molecule has 0 saturated carbocycles. The third-order valence-corrected chi connectivity index (χ3v) is 2.99. The van der Waals surface area contributed by atoms with Crippen LogP contribution in [0.25, 0.3) is 0 Å². The Kier molecular flexibility index (Phi) is 2.63. The minimum atomic E-state index is -0.499. The van der Waals surface area contributed by atoms with Crippen LogP contribution in [-0.2, 0) is 4.79 Å². The number of primary amides is 1. The molecule has 0 spiro atoms. The molecule has 0 radical (unpaired) electrons. The molecule has 1 fully saturated rings. The summed E-state index contributed by atoms with van der Waals surface area (Å²) in [5, 5.41) is 13.0. The summed E-state index contributed by atoms with van der Waals surface area (Å²) in [6.07, 6.45) is 1.10. The van der Waals surface area contributed by atoms with Crippen LogP contribution in [0.1, 0.15) is 40.5 Å². The summed E-state index contributed by atoms with van der Waals surface area (Å²) >= 11 is 0. The average molecular weight is 199 g/mol. The van der Waals surface area contributed by atoms with Gasteiger partial charge in [0.25, 0.3) is 0 Å². The third-order valence-electron chi connectivity index (χ3n) is 2.99. The van der Waals surface area contributed by atoms with Crippen LogP contribution in [0.5, 0.6) is 0 Å². The first kappa shape index (κ1) is 11.5. The van der Waals surface area contributed by atoms with Gasteiger partial charge in [0.05, 0.1) is 0 Å². The normalized spacial score (nSPS) is 27.5. The number of hydrogen-bond donors (Lipinski definition) is 1. The lowest BCUT2D eigenvalue weighted by Crippen LogP contribution is -2.59. The van der Waals surface area contributed by atoms with Gasteiger partial charge >= 0.3 is 0 Å². The minimum Gasteiger partial charge on any atom is -0.784 e. The Morgan fingerprint density at radius 2 is 1.64 bits per heavy atom. The fourth-order valence-corrected chi connectivity index (χ4v) is 2.46. The molecule has 14 heavy (non-hydrogen) atoms. The number of nitrogens with zero attached hydrogens (tertiary/aromatic N) is 1. The molecule has 1 aliphatic heterocycles. The molecule has 2 N–H and O–H groups in total. The maximum atomic E-state index is 11.9. The highest BCUT2D eigenvalue weighted by atomic mass is 16.5. The van der Waals surface area contributed by atoms with Crippen LogP contribution in [0.2, 0.25) is 0 Å². The number of hydrogen-bond acceptors (Lipinski definition) is 3. The second-order valence-electron chi connectivity index (χ2n) is 5.43. The molecule has 1 saturated heterocycles. The molecule has 1 rings (SSSR count). The molecule has 0 aromatic heterocycles. The first-order valence-electron chi connectivity index (χ1n) is 4.93. The molecule has 0 bridgehead atoms. The molecule has 0 unspecified atom stereocenters. The number of nitrogens with two attached hydrogens (primary N) is 1. The van der Waals surface area contributed by atoms with Gasteiger partial charge in [-0.25, -0.2) is 0 Å². The van der Waals surface area contributed by atoms with Crippen LogP contribution in [0.15, 0.2) is 0 Å². The number of carbonyl (C=O) groups excluding carboxylic acids is 1. The van der Waals surface area contributed by atoms with Gasteiger partial charge in [-0.05, 0) is 40.5 Å². The van der Waals surface area contributed by atoms with Crippen LogP contribution < -0.4 is 5.73 Å². The van der Waals surface area contributed by atoms with Gasteiger partial charge in [-0.3, -0.25) is 4.79 Å². The van der Waals surface area contributed by atoms with Crippen LogP contribution in [0.3, 0.4) is 0 Å². The van der Waals surface area contributed by atoms with Crippen molar-refractivity contribution in [2.75, 3.05) is 0 Å². The predicted molar refractivity (Wildman–Crippen MR) is 55.3 cm³/mol. The van der Waals surface area contributed by atoms with Gasteiger partial charge < -0.3 is 16.0 Å². The van der Waals surface area contributed by atoms with Crippen molar-refractivity contribution in [2.45, 2.75) is 51.6 Å². The number of rotatable bonds is 1. The molecule has 4 heteroatoms. The van der Waals surface area contributed by atoms with E-state index in [1.54, 1.807) is 0 Å². The van der Waals surface area contributed by atoms with Gasteiger partial charge in [0, 0.05) is 17.0 Å². The average Bonchev–Trinajstić information content (AvgIpc) is 1.98. The largest absolute Gasteiger partial charge is 0.784 e. The molecule has 1 amide bonds. The lowest BCUT2D eigenvalue weighted by atomic mass is 9.75. The number of hydroxylamine groups is 2. The van der Waals surface area contributed by atoms with Crippen molar-refractivity contribution in [3.8, 4) is 0 Å². The summed E-state index contributed by atoms with van der Waals surface area (Å²) in [6.45, 7) is 7.43. The van der Waals surface area contributed by atoms with Crippen LogP contribution in [0, 0.1) is 11.1 Å². The van der Waals surface area contributed by atoms with Gasteiger partial charge in [0.15, 0.2) is 0 Å². The summed E-state index contributed by atoms with van der Waals surface area (Å²) in [4.78, 5) is 11.1. The highest BCUT2D eigenvalue weighted by Gasteiger charge is 2.41. The van der Waals surface area contributed by atoms with Crippen molar-refractivity contribution in [3.63, 3.8) is 0 Å². The van der Waals surface area contributed by atoms with Gasteiger partial charge in [0.2, 0.25) is 5.91 Å². The van der Waals surface area contributed by atoms with E-state index >= 15 is 0 Å². The Balaban J connectivity index is 2.91. The summed E-state index contributed by atoms with van der Waals surface area (Å²) in [6, 6.07) is 0. The van der Waals surface area contributed by atoms with Gasteiger partial charge in [-0.15, -0.1) is 0 Å². The van der Waals surface area contributed by atoms with E-state index in [-0.39, 0.29) is 11.8 Å². The van der Waals surface area contributed by atoms with Crippen molar-refractivity contribution in [1.82, 2.24) is 5.06 Å². The fraction of sp³-hybridized carbons (Fsp3) is 0.900. The monoisotopic (exact) mass is 199 g/mol. The van der Waals surface area contributed by atoms with E-state index in [9.17, 15) is 10.0 Å². The molecular formula is C10H19N2O2-. The summed E-state index contributed by atoms with van der Waals surface area (Å²) in [7, 11) is 0. The minimum absolute atomic E-state index is 0.176. The van der Waals surface area contributed by atoms with Crippen LogP contribution >= 0.6 is 0 Å². The van der Waals surface area contributed by atoms with E-state index in [0.717, 1.165) is 5.06 Å². The lowest BCUT2D eigenvalue weighted by Gasteiger charge is -2.59. The van der Waals surface area contributed by atoms with Gasteiger partial charge in [0.1, 0.15) is 0 Å². The van der Waals surface area contributed by atoms with Crippen molar-refractivity contribution in [1.29, 1.82) is 0 Å². The first-order valence-corrected chi connectivity index (χ1v) is 4.93. The smallest absolute Gasteiger partial charge is 0.220 e. The maximum Gasteiger partial charge on any atom is 0.220 e. The highest BCUT2D eigenvalue weighted by Crippen LogP contribution is 2.40. The van der Waals surface area contributed by atoms with Crippen molar-refractivity contribution in [2.24, 2.45) is 11.7 Å². The molecule has 82 valence electrons. The van der Waals surface area contributed by atoms with Crippen molar-refractivity contribution < 1.29 is 4.79 Å². The molecule has 0 atom stereocenters. The van der Waals surface area contributed by atoms with E-state index in [1.807, 2.05) is 27.7 Å². The zero-order valence-electron chi connectivity index (χ0n) is 9.33. The summed E-state index contributed by atoms with van der Waals surface area (Å²) in [5.74, 6) is -0.468. The zero-order valence-corrected chi connectivity index (χ0v) is 9.33. The Morgan fingerprint density at radius 1 is 1.29 bits per heavy atom. The topological polar surface area (TPSA) is 69.4 Å². The van der Waals surface area contributed by atoms with Crippen LogP contribution in [0.4, 0.5) is 0 Å². The second kappa shape index (κ2) is 3.21. The standard InChI is InChI=1S/C10H19N2O2/c1-9(2)5-7(8(11)13)6-10(3,4)12(9)14/h7H,5-6H2,1-4H3,(H2,11,13)/q-1. The highest BCUT2D eigenvalue weighted by molar-refractivity contribution is 5.77. The molecule has 0 aromatic carbocycles. The SMILES string of the molecule is CC1(C)CC(C(N)=O)CC(C)(C)N1[O-].